The van der Waals surface area contributed by atoms with Gasteiger partial charge in [-0.2, -0.15) is 17.5 Å². The topological polar surface area (TPSA) is 93.1 Å². The SMILES string of the molecule is COCC(=O)N[C@H]1CCN(c2cc(N=S(C)(C)=O)cc(Oc3ccc(C(F)(F)F)nc3)c2)C1. The Hall–Kier alpha value is -2.86. The van der Waals surface area contributed by atoms with Gasteiger partial charge in [0.1, 0.15) is 23.8 Å². The van der Waals surface area contributed by atoms with Gasteiger partial charge in [0.05, 0.1) is 11.9 Å². The van der Waals surface area contributed by atoms with Gasteiger partial charge in [-0.1, -0.05) is 0 Å². The molecule has 0 aliphatic carbocycles. The van der Waals surface area contributed by atoms with Crippen molar-refractivity contribution in [3.05, 3.63) is 42.2 Å². The second-order valence-electron chi connectivity index (χ2n) is 7.87. The maximum Gasteiger partial charge on any atom is 0.433 e. The first-order valence-electron chi connectivity index (χ1n) is 9.99. The number of alkyl halides is 3. The van der Waals surface area contributed by atoms with E-state index < -0.39 is 21.6 Å². The lowest BCUT2D eigenvalue weighted by Crippen LogP contribution is -2.38. The highest BCUT2D eigenvalue weighted by Gasteiger charge is 2.32. The highest BCUT2D eigenvalue weighted by molar-refractivity contribution is 7.92. The van der Waals surface area contributed by atoms with Crippen molar-refractivity contribution in [2.45, 2.75) is 18.6 Å². The molecule has 1 atom stereocenters. The number of anilines is 1. The minimum atomic E-state index is -4.54. The van der Waals surface area contributed by atoms with Gasteiger partial charge in [0, 0.05) is 66.3 Å². The molecular weight excluding hydrogens is 461 g/mol. The second kappa shape index (κ2) is 9.96. The van der Waals surface area contributed by atoms with Crippen LogP contribution >= 0.6 is 0 Å². The van der Waals surface area contributed by atoms with Crippen LogP contribution in [0.4, 0.5) is 24.5 Å². The summed E-state index contributed by atoms with van der Waals surface area (Å²) in [5.41, 5.74) is 0.108. The fraction of sp³-hybridized carbons (Fsp3) is 0.429. The normalized spacial score (nSPS) is 16.5. The quantitative estimate of drug-likeness (QED) is 0.643. The van der Waals surface area contributed by atoms with Crippen LogP contribution in [0.1, 0.15) is 12.1 Å². The van der Waals surface area contributed by atoms with Crippen molar-refractivity contribution in [2.24, 2.45) is 4.36 Å². The van der Waals surface area contributed by atoms with Crippen molar-refractivity contribution in [2.75, 3.05) is 44.2 Å². The average molecular weight is 487 g/mol. The number of hydrogen-bond donors (Lipinski definition) is 1. The number of halogens is 3. The second-order valence-corrected chi connectivity index (χ2v) is 10.4. The predicted molar refractivity (Wildman–Crippen MR) is 118 cm³/mol. The van der Waals surface area contributed by atoms with Crippen LogP contribution in [-0.4, -0.2) is 60.5 Å². The first kappa shape index (κ1) is 24.8. The van der Waals surface area contributed by atoms with Crippen LogP contribution in [0, 0.1) is 0 Å². The van der Waals surface area contributed by atoms with Crippen LogP contribution in [-0.2, 0) is 25.4 Å². The fourth-order valence-electron chi connectivity index (χ4n) is 3.37. The van der Waals surface area contributed by atoms with Gasteiger partial charge >= 0.3 is 6.18 Å². The summed E-state index contributed by atoms with van der Waals surface area (Å²) in [7, 11) is -1.02. The van der Waals surface area contributed by atoms with Crippen LogP contribution < -0.4 is 15.0 Å². The minimum Gasteiger partial charge on any atom is -0.456 e. The number of nitrogens with one attached hydrogen (secondary N) is 1. The van der Waals surface area contributed by atoms with Crippen LogP contribution in [0.25, 0.3) is 0 Å². The Morgan fingerprint density at radius 2 is 2.03 bits per heavy atom. The molecule has 0 radical (unpaired) electrons. The maximum atomic E-state index is 12.8. The molecule has 1 aliphatic heterocycles. The lowest BCUT2D eigenvalue weighted by Gasteiger charge is -2.20. The van der Waals surface area contributed by atoms with Crippen LogP contribution in [0.2, 0.25) is 0 Å². The Bertz CT molecular complexity index is 1110. The number of benzene rings is 1. The monoisotopic (exact) mass is 486 g/mol. The van der Waals surface area contributed by atoms with Crippen molar-refractivity contribution < 1.29 is 31.6 Å². The molecule has 0 unspecified atom stereocenters. The Kier molecular flexibility index (Phi) is 7.48. The molecule has 12 heteroatoms. The first-order chi connectivity index (χ1) is 15.4. The molecule has 1 aliphatic rings. The van der Waals surface area contributed by atoms with Crippen LogP contribution in [0.5, 0.6) is 11.5 Å². The molecule has 1 N–H and O–H groups in total. The molecule has 3 rings (SSSR count). The Morgan fingerprint density at radius 1 is 1.27 bits per heavy atom. The minimum absolute atomic E-state index is 0.0224. The molecule has 1 aromatic heterocycles. The summed E-state index contributed by atoms with van der Waals surface area (Å²) in [5.74, 6) is 0.220. The molecule has 1 aromatic carbocycles. The number of hydrogen-bond acceptors (Lipinski definition) is 7. The van der Waals surface area contributed by atoms with Gasteiger partial charge in [0.2, 0.25) is 5.91 Å². The van der Waals surface area contributed by atoms with Gasteiger partial charge in [0.25, 0.3) is 0 Å². The highest BCUT2D eigenvalue weighted by atomic mass is 32.2. The standard InChI is InChI=1S/C21H25F3N4O4S/c1-31-13-20(29)26-14-6-7-28(12-14)16-8-15(27-33(2,3)30)9-18(10-16)32-17-4-5-19(25-11-17)21(22,23)24/h4-5,8-11,14H,6-7,12-13H2,1-3H3,(H,26,29)/t14-/m0/s1. The molecule has 8 nitrogen and oxygen atoms in total. The number of amides is 1. The summed E-state index contributed by atoms with van der Waals surface area (Å²) >= 11 is 0. The smallest absolute Gasteiger partial charge is 0.433 e. The maximum absolute atomic E-state index is 12.8. The van der Waals surface area contributed by atoms with Crippen molar-refractivity contribution in [1.82, 2.24) is 10.3 Å². The predicted octanol–water partition coefficient (Wildman–Crippen LogP) is 3.59. The summed E-state index contributed by atoms with van der Waals surface area (Å²) in [6.45, 7) is 1.16. The lowest BCUT2D eigenvalue weighted by molar-refractivity contribution is -0.141. The van der Waals surface area contributed by atoms with Crippen LogP contribution in [0.15, 0.2) is 40.9 Å². The zero-order valence-electron chi connectivity index (χ0n) is 18.4. The Morgan fingerprint density at radius 3 is 2.64 bits per heavy atom. The van der Waals surface area contributed by atoms with E-state index in [-0.39, 0.29) is 24.3 Å². The third-order valence-electron chi connectivity index (χ3n) is 4.66. The summed E-state index contributed by atoms with van der Waals surface area (Å²) in [4.78, 5) is 17.2. The largest absolute Gasteiger partial charge is 0.456 e. The van der Waals surface area contributed by atoms with E-state index in [0.717, 1.165) is 18.0 Å². The molecule has 0 saturated carbocycles. The Balaban J connectivity index is 1.84. The molecule has 33 heavy (non-hydrogen) atoms. The third kappa shape index (κ3) is 7.32. The molecule has 180 valence electrons. The molecule has 1 amide bonds. The number of nitrogens with zero attached hydrogens (tertiary/aromatic N) is 3. The van der Waals surface area contributed by atoms with Gasteiger partial charge in [0.15, 0.2) is 0 Å². The molecular formula is C21H25F3N4O4S. The summed E-state index contributed by atoms with van der Waals surface area (Å²) in [6.07, 6.45) is 0.160. The molecule has 1 saturated heterocycles. The third-order valence-corrected chi connectivity index (χ3v) is 5.31. The lowest BCUT2D eigenvalue weighted by atomic mass is 10.2. The van der Waals surface area contributed by atoms with Gasteiger partial charge in [-0.3, -0.25) is 4.79 Å². The van der Waals surface area contributed by atoms with E-state index in [9.17, 15) is 22.2 Å². The van der Waals surface area contributed by atoms with Gasteiger partial charge in [-0.15, -0.1) is 0 Å². The summed E-state index contributed by atoms with van der Waals surface area (Å²) < 4.78 is 65.3. The number of carbonyl (C=O) groups excluding carboxylic acids is 1. The van der Waals surface area contributed by atoms with Gasteiger partial charge in [-0.25, -0.2) is 9.19 Å². The van der Waals surface area contributed by atoms with Crippen molar-refractivity contribution in [3.63, 3.8) is 0 Å². The molecule has 2 heterocycles. The van der Waals surface area contributed by atoms with E-state index >= 15 is 0 Å². The number of methoxy groups -OCH3 is 1. The van der Waals surface area contributed by atoms with Crippen molar-refractivity contribution in [3.8, 4) is 11.5 Å². The van der Waals surface area contributed by atoms with Crippen LogP contribution in [0.3, 0.4) is 0 Å². The average Bonchev–Trinajstić information content (AvgIpc) is 3.15. The van der Waals surface area contributed by atoms with E-state index in [1.807, 2.05) is 4.90 Å². The van der Waals surface area contributed by atoms with E-state index in [4.69, 9.17) is 9.47 Å². The zero-order valence-corrected chi connectivity index (χ0v) is 19.2. The first-order valence-corrected chi connectivity index (χ1v) is 12.3. The van der Waals surface area contributed by atoms with E-state index in [0.29, 0.717) is 30.9 Å². The van der Waals surface area contributed by atoms with E-state index in [1.165, 1.54) is 25.7 Å². The molecule has 0 bridgehead atoms. The number of rotatable bonds is 7. The fourth-order valence-corrected chi connectivity index (χ4v) is 3.99. The van der Waals surface area contributed by atoms with E-state index in [1.54, 1.807) is 18.2 Å². The van der Waals surface area contributed by atoms with Gasteiger partial charge < -0.3 is 19.7 Å². The number of ether oxygens (including phenoxy) is 2. The van der Waals surface area contributed by atoms with Crippen molar-refractivity contribution in [1.29, 1.82) is 0 Å². The highest BCUT2D eigenvalue weighted by Crippen LogP contribution is 2.34. The van der Waals surface area contributed by atoms with Crippen molar-refractivity contribution >= 4 is 27.0 Å². The van der Waals surface area contributed by atoms with Gasteiger partial charge in [-0.05, 0) is 24.6 Å². The molecule has 2 aromatic rings. The summed E-state index contributed by atoms with van der Waals surface area (Å²) in [5, 5.41) is 2.90. The number of aromatic nitrogens is 1. The zero-order chi connectivity index (χ0) is 24.2. The molecule has 1 fully saturated rings. The molecule has 0 spiro atoms. The number of carbonyl (C=O) groups is 1. The summed E-state index contributed by atoms with van der Waals surface area (Å²) in [6, 6.07) is 6.97. The van der Waals surface area contributed by atoms with E-state index in [2.05, 4.69) is 14.7 Å². The number of pyridine rings is 1. The Labute approximate surface area is 190 Å².